The number of aliphatic hydroxyl groups is 1. The van der Waals surface area contributed by atoms with E-state index in [0.29, 0.717) is 10.6 Å². The standard InChI is InChI=1S/C19H19ClFNO4/c1-2-19(18(25)26,13-6-8-14(20)9-7-13)22-17(24)11-16(23)12-4-3-5-15(21)10-12/h3-10,16,23H,2,11H2,1H3,(H,22,24)(H,25,26). The summed E-state index contributed by atoms with van der Waals surface area (Å²) in [5, 5.41) is 22.8. The van der Waals surface area contributed by atoms with Crippen molar-refractivity contribution in [3.8, 4) is 0 Å². The lowest BCUT2D eigenvalue weighted by molar-refractivity contribution is -0.148. The average molecular weight is 380 g/mol. The van der Waals surface area contributed by atoms with Crippen molar-refractivity contribution in [2.24, 2.45) is 0 Å². The van der Waals surface area contributed by atoms with Gasteiger partial charge in [0.2, 0.25) is 5.91 Å². The van der Waals surface area contributed by atoms with E-state index in [1.54, 1.807) is 6.92 Å². The Morgan fingerprint density at radius 2 is 1.88 bits per heavy atom. The molecule has 2 aromatic carbocycles. The van der Waals surface area contributed by atoms with Gasteiger partial charge in [-0.1, -0.05) is 42.8 Å². The molecule has 26 heavy (non-hydrogen) atoms. The number of benzene rings is 2. The van der Waals surface area contributed by atoms with Gasteiger partial charge in [0, 0.05) is 5.02 Å². The van der Waals surface area contributed by atoms with Crippen molar-refractivity contribution in [2.75, 3.05) is 0 Å². The Morgan fingerprint density at radius 1 is 1.23 bits per heavy atom. The molecule has 0 aliphatic carbocycles. The second kappa shape index (κ2) is 8.29. The molecular formula is C19H19ClFNO4. The van der Waals surface area contributed by atoms with Crippen LogP contribution < -0.4 is 5.32 Å². The molecule has 0 radical (unpaired) electrons. The molecule has 2 rings (SSSR count). The van der Waals surface area contributed by atoms with Crippen LogP contribution in [0.15, 0.2) is 48.5 Å². The number of hydrogen-bond acceptors (Lipinski definition) is 3. The van der Waals surface area contributed by atoms with Gasteiger partial charge in [-0.2, -0.15) is 0 Å². The van der Waals surface area contributed by atoms with Crippen molar-refractivity contribution >= 4 is 23.5 Å². The molecule has 7 heteroatoms. The maximum absolute atomic E-state index is 13.3. The first-order chi connectivity index (χ1) is 12.3. The molecule has 3 N–H and O–H groups in total. The highest BCUT2D eigenvalue weighted by Crippen LogP contribution is 2.28. The number of hydrogen-bond donors (Lipinski definition) is 3. The van der Waals surface area contributed by atoms with Gasteiger partial charge in [-0.05, 0) is 41.8 Å². The predicted octanol–water partition coefficient (Wildman–Crippen LogP) is 3.41. The Labute approximate surface area is 155 Å². The van der Waals surface area contributed by atoms with Crippen LogP contribution in [0, 0.1) is 5.82 Å². The number of halogens is 2. The van der Waals surface area contributed by atoms with Gasteiger partial charge in [0.05, 0.1) is 12.5 Å². The molecule has 138 valence electrons. The van der Waals surface area contributed by atoms with Crippen LogP contribution in [0.2, 0.25) is 5.02 Å². The monoisotopic (exact) mass is 379 g/mol. The summed E-state index contributed by atoms with van der Waals surface area (Å²) in [6, 6.07) is 11.4. The third-order valence-electron chi connectivity index (χ3n) is 4.20. The molecule has 0 spiro atoms. The Balaban J connectivity index is 2.21. The molecule has 0 fully saturated rings. The van der Waals surface area contributed by atoms with Crippen LogP contribution in [0.1, 0.15) is 37.0 Å². The quantitative estimate of drug-likeness (QED) is 0.688. The Hall–Kier alpha value is -2.44. The first-order valence-electron chi connectivity index (χ1n) is 8.02. The summed E-state index contributed by atoms with van der Waals surface area (Å²) in [5.41, 5.74) is -1.04. The van der Waals surface area contributed by atoms with Crippen LogP contribution >= 0.6 is 11.6 Å². The second-order valence-electron chi connectivity index (χ2n) is 5.89. The van der Waals surface area contributed by atoms with Crippen LogP contribution in [-0.2, 0) is 15.1 Å². The highest BCUT2D eigenvalue weighted by atomic mass is 35.5. The molecule has 5 nitrogen and oxygen atoms in total. The van der Waals surface area contributed by atoms with Crippen molar-refractivity contribution in [1.82, 2.24) is 5.32 Å². The minimum Gasteiger partial charge on any atom is -0.479 e. The van der Waals surface area contributed by atoms with Gasteiger partial charge < -0.3 is 15.5 Å². The zero-order valence-corrected chi connectivity index (χ0v) is 14.8. The molecule has 0 aliphatic rings. The van der Waals surface area contributed by atoms with E-state index in [4.69, 9.17) is 11.6 Å². The zero-order valence-electron chi connectivity index (χ0n) is 14.1. The van der Waals surface area contributed by atoms with Gasteiger partial charge in [0.15, 0.2) is 5.54 Å². The van der Waals surface area contributed by atoms with Crippen molar-refractivity contribution in [2.45, 2.75) is 31.4 Å². The molecule has 0 aliphatic heterocycles. The van der Waals surface area contributed by atoms with Crippen LogP contribution in [-0.4, -0.2) is 22.1 Å². The minimum atomic E-state index is -1.65. The van der Waals surface area contributed by atoms with Gasteiger partial charge in [0.25, 0.3) is 0 Å². The number of carboxylic acid groups (broad SMARTS) is 1. The third kappa shape index (κ3) is 4.39. The summed E-state index contributed by atoms with van der Waals surface area (Å²) < 4.78 is 13.3. The molecular weight excluding hydrogens is 361 g/mol. The first kappa shape index (κ1) is 19.9. The van der Waals surface area contributed by atoms with Crippen LogP contribution in [0.4, 0.5) is 4.39 Å². The minimum absolute atomic E-state index is 0.0891. The van der Waals surface area contributed by atoms with E-state index in [2.05, 4.69) is 5.32 Å². The molecule has 0 heterocycles. The fraction of sp³-hybridized carbons (Fsp3) is 0.263. The topological polar surface area (TPSA) is 86.6 Å². The van der Waals surface area contributed by atoms with Gasteiger partial charge in [0.1, 0.15) is 5.82 Å². The molecule has 2 aromatic rings. The van der Waals surface area contributed by atoms with Crippen LogP contribution in [0.5, 0.6) is 0 Å². The third-order valence-corrected chi connectivity index (χ3v) is 4.45. The SMILES string of the molecule is CCC(NC(=O)CC(O)c1cccc(F)c1)(C(=O)O)c1ccc(Cl)cc1. The van der Waals surface area contributed by atoms with Gasteiger partial charge in [-0.25, -0.2) is 9.18 Å². The lowest BCUT2D eigenvalue weighted by Crippen LogP contribution is -2.51. The van der Waals surface area contributed by atoms with Crippen molar-refractivity contribution in [3.63, 3.8) is 0 Å². The number of carbonyl (C=O) groups is 2. The smallest absolute Gasteiger partial charge is 0.334 e. The number of rotatable bonds is 7. The predicted molar refractivity (Wildman–Crippen MR) is 95.2 cm³/mol. The highest BCUT2D eigenvalue weighted by Gasteiger charge is 2.40. The van der Waals surface area contributed by atoms with E-state index >= 15 is 0 Å². The fourth-order valence-corrected chi connectivity index (χ4v) is 2.85. The van der Waals surface area contributed by atoms with Crippen molar-refractivity contribution in [1.29, 1.82) is 0 Å². The summed E-state index contributed by atoms with van der Waals surface area (Å²) >= 11 is 5.84. The van der Waals surface area contributed by atoms with Crippen LogP contribution in [0.3, 0.4) is 0 Å². The van der Waals surface area contributed by atoms with Crippen molar-refractivity contribution < 1.29 is 24.2 Å². The number of aliphatic hydroxyl groups excluding tert-OH is 1. The number of carbonyl (C=O) groups excluding carboxylic acids is 1. The van der Waals surface area contributed by atoms with Gasteiger partial charge >= 0.3 is 5.97 Å². The summed E-state index contributed by atoms with van der Waals surface area (Å²) in [6.45, 7) is 1.63. The molecule has 2 unspecified atom stereocenters. The Kier molecular flexibility index (Phi) is 6.34. The molecule has 0 saturated carbocycles. The maximum atomic E-state index is 13.3. The molecule has 0 aromatic heterocycles. The summed E-state index contributed by atoms with van der Waals surface area (Å²) in [4.78, 5) is 24.3. The number of aliphatic carboxylic acids is 1. The van der Waals surface area contributed by atoms with E-state index in [9.17, 15) is 24.2 Å². The van der Waals surface area contributed by atoms with E-state index < -0.39 is 35.8 Å². The summed E-state index contributed by atoms with van der Waals surface area (Å²) in [5.74, 6) is -2.42. The maximum Gasteiger partial charge on any atom is 0.334 e. The van der Waals surface area contributed by atoms with Crippen LogP contribution in [0.25, 0.3) is 0 Å². The van der Waals surface area contributed by atoms with Gasteiger partial charge in [-0.15, -0.1) is 0 Å². The highest BCUT2D eigenvalue weighted by molar-refractivity contribution is 6.30. The summed E-state index contributed by atoms with van der Waals surface area (Å²) in [6.07, 6.45) is -1.56. The molecule has 2 atom stereocenters. The Morgan fingerprint density at radius 3 is 2.42 bits per heavy atom. The fourth-order valence-electron chi connectivity index (χ4n) is 2.72. The van der Waals surface area contributed by atoms with E-state index in [0.717, 1.165) is 6.07 Å². The molecule has 0 bridgehead atoms. The first-order valence-corrected chi connectivity index (χ1v) is 8.40. The summed E-state index contributed by atoms with van der Waals surface area (Å²) in [7, 11) is 0. The second-order valence-corrected chi connectivity index (χ2v) is 6.33. The van der Waals surface area contributed by atoms with Crippen molar-refractivity contribution in [3.05, 3.63) is 70.5 Å². The van der Waals surface area contributed by atoms with E-state index in [1.165, 1.54) is 42.5 Å². The lowest BCUT2D eigenvalue weighted by atomic mass is 9.87. The molecule has 0 saturated heterocycles. The van der Waals surface area contributed by atoms with Gasteiger partial charge in [-0.3, -0.25) is 4.79 Å². The average Bonchev–Trinajstić information content (AvgIpc) is 2.60. The zero-order chi connectivity index (χ0) is 19.3. The number of carboxylic acids is 1. The van der Waals surface area contributed by atoms with E-state index in [1.807, 2.05) is 0 Å². The Bertz CT molecular complexity index is 796. The largest absolute Gasteiger partial charge is 0.479 e. The number of nitrogens with one attached hydrogen (secondary N) is 1. The molecule has 1 amide bonds. The number of amides is 1. The lowest BCUT2D eigenvalue weighted by Gasteiger charge is -2.30. The van der Waals surface area contributed by atoms with E-state index in [-0.39, 0.29) is 12.0 Å². The normalized spacial score (nSPS) is 14.3.